The van der Waals surface area contributed by atoms with E-state index in [2.05, 4.69) is 67.4 Å². The third-order valence-corrected chi connectivity index (χ3v) is 15.7. The maximum Gasteiger partial charge on any atom is 2.00 e. The molecule has 90 heavy (non-hydrogen) atoms. The number of unbranched alkanes of at least 4 members (excludes halogenated alkanes) is 27. The Morgan fingerprint density at radius 1 is 0.233 bits per heavy atom. The molecule has 0 unspecified atom stereocenters. The summed E-state index contributed by atoms with van der Waals surface area (Å²) < 4.78 is 102. The summed E-state index contributed by atoms with van der Waals surface area (Å²) >= 11 is 0. The van der Waals surface area contributed by atoms with Crippen LogP contribution in [0.25, 0.3) is 0 Å². The number of nitrogens with one attached hydrogen (secondary N) is 6. The second-order valence-electron chi connectivity index (χ2n) is 24.0. The Morgan fingerprint density at radius 3 is 0.589 bits per heavy atom. The van der Waals surface area contributed by atoms with Gasteiger partial charge >= 0.3 is 58.4 Å². The molecule has 528 valence electrons. The van der Waals surface area contributed by atoms with Crippen molar-refractivity contribution in [2.24, 2.45) is 0 Å². The Morgan fingerprint density at radius 2 is 0.400 bits per heavy atom. The van der Waals surface area contributed by atoms with E-state index >= 15 is 0 Å². The number of nitrogens with zero attached hydrogens (tertiary/aromatic N) is 3. The minimum absolute atomic E-state index is 0. The molecule has 0 aromatic carbocycles. The average Bonchev–Trinajstić information content (AvgIpc) is 3.49. The van der Waals surface area contributed by atoms with Crippen LogP contribution in [-0.2, 0) is 89.6 Å². The molecular formula is C63H135N9O12S3Zn3. The van der Waals surface area contributed by atoms with Gasteiger partial charge in [0.25, 0.3) is 0 Å². The monoisotopic (exact) mass is 1500 g/mol. The summed E-state index contributed by atoms with van der Waals surface area (Å²) in [6.07, 6.45) is 55.5. The molecular weight excluding hydrogens is 1370 g/mol. The molecule has 6 N–H and O–H groups in total. The molecule has 21 nitrogen and oxygen atoms in total. The van der Waals surface area contributed by atoms with Crippen LogP contribution in [0.5, 0.6) is 0 Å². The van der Waals surface area contributed by atoms with Gasteiger partial charge in [-0.05, 0) is 117 Å². The quantitative estimate of drug-likeness (QED) is 0.0154. The van der Waals surface area contributed by atoms with E-state index in [1.807, 2.05) is 0 Å². The first-order valence-corrected chi connectivity index (χ1v) is 39.2. The van der Waals surface area contributed by atoms with E-state index in [4.69, 9.17) is 52.6 Å². The van der Waals surface area contributed by atoms with Gasteiger partial charge in [0.05, 0.1) is 0 Å². The molecule has 3 saturated heterocycles. The summed E-state index contributed by atoms with van der Waals surface area (Å²) in [5.74, 6) is 0. The molecule has 0 bridgehead atoms. The maximum atomic E-state index is 8.52. The summed E-state index contributed by atoms with van der Waals surface area (Å²) in [4.78, 5) is 8.09. The number of hydrogen-bond donors (Lipinski definition) is 6. The SMILES string of the molecule is CCCCCCCCCCCCCCCCN1CCCCCNCCNCC1.CCCCCCCCCCCCN1CCCCCNCCNCC1.CCCCCCCCN1CCCCCNCCNCC1.O=S(=O)([O-])[O-].O=S(=O)([O-])[O-].O=S(=O)([O-])[O-].[Zn+2].[Zn+2].[Zn+2]. The standard InChI is InChI=1S/C25H53N3.C21H45N3.C17H37N3.3H2O4S.3Zn/c1-2-3-4-5-6-7-8-9-10-11-12-13-14-17-23-28-24-18-15-16-19-26-20-21-27-22-25-28;1-2-3-4-5-6-7-8-9-10-13-19-24-20-14-11-12-15-22-16-17-23-18-21-24;1-2-3-4-5-6-9-15-20-16-10-7-8-11-18-12-13-19-14-17-20;3*1-5(2,3)4;;;/h26-27H,2-25H2,1H3;22-23H,2-21H2,1H3;18-19H,2-17H2,1H3;3*(H2,1,2,3,4);;;/q;;;;;;3*+2/p-6. The van der Waals surface area contributed by atoms with E-state index in [1.54, 1.807) is 0 Å². The van der Waals surface area contributed by atoms with Crippen LogP contribution >= 0.6 is 0 Å². The van der Waals surface area contributed by atoms with Crippen LogP contribution in [0, 0.1) is 0 Å². The van der Waals surface area contributed by atoms with Gasteiger partial charge < -0.3 is 73.9 Å². The van der Waals surface area contributed by atoms with Crippen LogP contribution in [-0.4, -0.2) is 205 Å². The zero-order chi connectivity index (χ0) is 64.9. The second-order valence-corrected chi connectivity index (χ2v) is 26.4. The van der Waals surface area contributed by atoms with Crippen molar-refractivity contribution in [3.05, 3.63) is 0 Å². The zero-order valence-electron chi connectivity index (χ0n) is 58.0. The molecule has 0 radical (unpaired) electrons. The molecule has 0 amide bonds. The Hall–Kier alpha value is 1.12. The zero-order valence-corrected chi connectivity index (χ0v) is 69.4. The van der Waals surface area contributed by atoms with Crippen LogP contribution in [0.3, 0.4) is 0 Å². The first-order valence-electron chi connectivity index (χ1n) is 35.2. The van der Waals surface area contributed by atoms with Crippen LogP contribution in [0.15, 0.2) is 0 Å². The minimum Gasteiger partial charge on any atom is -0.759 e. The topological polar surface area (TPSA) is 323 Å². The fraction of sp³-hybridized carbons (Fsp3) is 1.00. The van der Waals surface area contributed by atoms with Gasteiger partial charge in [-0.2, -0.15) is 0 Å². The van der Waals surface area contributed by atoms with Crippen molar-refractivity contribution < 1.29 is 111 Å². The van der Waals surface area contributed by atoms with E-state index in [9.17, 15) is 0 Å². The van der Waals surface area contributed by atoms with Gasteiger partial charge in [-0.25, -0.2) is 0 Å². The van der Waals surface area contributed by atoms with Crippen molar-refractivity contribution in [1.82, 2.24) is 46.6 Å². The van der Waals surface area contributed by atoms with Gasteiger partial charge in [0.1, 0.15) is 0 Å². The Labute approximate surface area is 593 Å². The van der Waals surface area contributed by atoms with Crippen LogP contribution < -0.4 is 31.9 Å². The van der Waals surface area contributed by atoms with Crippen molar-refractivity contribution in [2.75, 3.05) is 137 Å². The van der Waals surface area contributed by atoms with Crippen LogP contribution in [0.2, 0.25) is 0 Å². The van der Waals surface area contributed by atoms with Gasteiger partial charge in [0.2, 0.25) is 0 Å². The van der Waals surface area contributed by atoms with E-state index in [0.717, 1.165) is 58.9 Å². The first-order chi connectivity index (χ1) is 41.8. The van der Waals surface area contributed by atoms with E-state index in [0.29, 0.717) is 0 Å². The van der Waals surface area contributed by atoms with Crippen molar-refractivity contribution in [2.45, 2.75) is 271 Å². The third-order valence-electron chi connectivity index (χ3n) is 15.7. The smallest absolute Gasteiger partial charge is 0.759 e. The first kappa shape index (κ1) is 102. The third kappa shape index (κ3) is 111. The fourth-order valence-electron chi connectivity index (χ4n) is 10.8. The fourth-order valence-corrected chi connectivity index (χ4v) is 10.8. The van der Waals surface area contributed by atoms with Gasteiger partial charge in [-0.1, -0.05) is 213 Å². The van der Waals surface area contributed by atoms with Gasteiger partial charge in [0, 0.05) is 110 Å². The van der Waals surface area contributed by atoms with Gasteiger partial charge in [0.15, 0.2) is 0 Å². The maximum absolute atomic E-state index is 8.52. The molecule has 0 saturated carbocycles. The van der Waals surface area contributed by atoms with Crippen molar-refractivity contribution in [3.63, 3.8) is 0 Å². The molecule has 0 atom stereocenters. The van der Waals surface area contributed by atoms with Crippen LogP contribution in [0.4, 0.5) is 0 Å². The molecule has 0 spiro atoms. The molecule has 3 aliphatic rings. The molecule has 27 heteroatoms. The number of rotatable bonds is 33. The van der Waals surface area contributed by atoms with Gasteiger partial charge in [-0.3, -0.25) is 25.3 Å². The van der Waals surface area contributed by atoms with Crippen LogP contribution in [0.1, 0.15) is 271 Å². The average molecular weight is 1500 g/mol. The summed E-state index contributed by atoms with van der Waals surface area (Å²) in [6.45, 7) is 32.2. The van der Waals surface area contributed by atoms with E-state index < -0.39 is 31.2 Å². The molecule has 3 rings (SSSR count). The Kier molecular flexibility index (Phi) is 91.7. The minimum atomic E-state index is -5.17. The summed E-state index contributed by atoms with van der Waals surface area (Å²) in [5, 5.41) is 21.2. The molecule has 3 fully saturated rings. The largest absolute Gasteiger partial charge is 2.00 e. The normalized spacial score (nSPS) is 17.0. The predicted molar refractivity (Wildman–Crippen MR) is 355 cm³/mol. The second kappa shape index (κ2) is 80.8. The van der Waals surface area contributed by atoms with Crippen molar-refractivity contribution in [1.29, 1.82) is 0 Å². The van der Waals surface area contributed by atoms with Gasteiger partial charge in [-0.15, -0.1) is 0 Å². The summed E-state index contributed by atoms with van der Waals surface area (Å²) in [6, 6.07) is 0. The molecule has 0 aromatic heterocycles. The Bertz CT molecular complexity index is 1570. The van der Waals surface area contributed by atoms with Crippen molar-refractivity contribution in [3.8, 4) is 0 Å². The van der Waals surface area contributed by atoms with E-state index in [1.165, 1.54) is 329 Å². The summed E-state index contributed by atoms with van der Waals surface area (Å²) in [7, 11) is -15.5. The predicted octanol–water partition coefficient (Wildman–Crippen LogP) is 9.70. The number of hydrogen-bond acceptors (Lipinski definition) is 21. The summed E-state index contributed by atoms with van der Waals surface area (Å²) in [5.41, 5.74) is 0. The molecule has 0 aliphatic carbocycles. The van der Waals surface area contributed by atoms with Crippen molar-refractivity contribution >= 4 is 31.2 Å². The molecule has 0 aromatic rings. The van der Waals surface area contributed by atoms with E-state index in [-0.39, 0.29) is 58.4 Å². The molecule has 3 heterocycles. The molecule has 3 aliphatic heterocycles. The Balaban J connectivity index is -0.000000261.